The van der Waals surface area contributed by atoms with Crippen molar-refractivity contribution in [2.75, 3.05) is 23.7 Å². The van der Waals surface area contributed by atoms with Gasteiger partial charge in [0.15, 0.2) is 0 Å². The van der Waals surface area contributed by atoms with Gasteiger partial charge in [-0.05, 0) is 43.4 Å². The van der Waals surface area contributed by atoms with E-state index in [0.717, 1.165) is 41.8 Å². The Kier molecular flexibility index (Phi) is 10.2. The van der Waals surface area contributed by atoms with Gasteiger partial charge in [0, 0.05) is 12.6 Å². The van der Waals surface area contributed by atoms with Gasteiger partial charge in [-0.25, -0.2) is 8.42 Å². The van der Waals surface area contributed by atoms with Crippen LogP contribution in [0.5, 0.6) is 0 Å². The summed E-state index contributed by atoms with van der Waals surface area (Å²) in [5, 5.41) is 3.37. The molecule has 1 N–H and O–H groups in total. The van der Waals surface area contributed by atoms with E-state index in [9.17, 15) is 18.0 Å². The van der Waals surface area contributed by atoms with E-state index in [2.05, 4.69) is 5.32 Å². The number of hydrogen-bond donors (Lipinski definition) is 1. The summed E-state index contributed by atoms with van der Waals surface area (Å²) in [5.74, 6) is -0.628. The molecule has 0 aliphatic heterocycles. The maximum Gasteiger partial charge on any atom is 0.244 e. The molecule has 1 aliphatic carbocycles. The second-order valence-electron chi connectivity index (χ2n) is 9.31. The maximum absolute atomic E-state index is 13.7. The Morgan fingerprint density at radius 2 is 1.67 bits per heavy atom. The standard InChI is InChI=1S/C27H36ClN3O4S/c1-3-24(27(33)29-22-14-8-5-9-15-22)30(19-18-21-12-6-4-7-13-21)26(32)20-31(36(2,34)35)25-17-11-10-16-23(25)28/h4,6-7,10-13,16-17,22,24H,3,5,8-9,14-15,18-20H2,1-2H3,(H,29,33). The van der Waals surface area contributed by atoms with Crippen molar-refractivity contribution < 1.29 is 18.0 Å². The van der Waals surface area contributed by atoms with Gasteiger partial charge in [-0.15, -0.1) is 0 Å². The minimum Gasteiger partial charge on any atom is -0.352 e. The molecule has 0 bridgehead atoms. The summed E-state index contributed by atoms with van der Waals surface area (Å²) < 4.78 is 26.4. The summed E-state index contributed by atoms with van der Waals surface area (Å²) in [6.45, 7) is 1.72. The minimum atomic E-state index is -3.81. The molecular formula is C27H36ClN3O4S. The number of rotatable bonds is 11. The average Bonchev–Trinajstić information content (AvgIpc) is 2.86. The highest BCUT2D eigenvalue weighted by atomic mass is 35.5. The zero-order valence-electron chi connectivity index (χ0n) is 21.0. The molecule has 0 heterocycles. The van der Waals surface area contributed by atoms with Crippen molar-refractivity contribution in [3.05, 3.63) is 65.2 Å². The first-order valence-corrected chi connectivity index (χ1v) is 14.8. The van der Waals surface area contributed by atoms with E-state index in [-0.39, 0.29) is 22.7 Å². The Hall–Kier alpha value is -2.58. The van der Waals surface area contributed by atoms with E-state index in [1.165, 1.54) is 11.3 Å². The maximum atomic E-state index is 13.7. The van der Waals surface area contributed by atoms with Crippen LogP contribution in [0.1, 0.15) is 51.0 Å². The summed E-state index contributed by atoms with van der Waals surface area (Å²) in [6, 6.07) is 15.7. The second kappa shape index (κ2) is 13.1. The van der Waals surface area contributed by atoms with Crippen LogP contribution in [0, 0.1) is 0 Å². The average molecular weight is 534 g/mol. The van der Waals surface area contributed by atoms with Crippen molar-refractivity contribution in [1.82, 2.24) is 10.2 Å². The number of para-hydroxylation sites is 1. The summed E-state index contributed by atoms with van der Waals surface area (Å²) >= 11 is 6.28. The molecule has 9 heteroatoms. The molecule has 0 spiro atoms. The quantitative estimate of drug-likeness (QED) is 0.463. The first-order valence-electron chi connectivity index (χ1n) is 12.6. The highest BCUT2D eigenvalue weighted by Gasteiger charge is 2.32. The smallest absolute Gasteiger partial charge is 0.244 e. The molecule has 3 rings (SSSR count). The lowest BCUT2D eigenvalue weighted by Gasteiger charge is -2.34. The molecule has 2 aromatic carbocycles. The number of anilines is 1. The van der Waals surface area contributed by atoms with Crippen molar-refractivity contribution in [2.45, 2.75) is 64.0 Å². The number of nitrogens with zero attached hydrogens (tertiary/aromatic N) is 2. The Morgan fingerprint density at radius 1 is 1.03 bits per heavy atom. The third kappa shape index (κ3) is 7.71. The predicted molar refractivity (Wildman–Crippen MR) is 145 cm³/mol. The molecule has 2 aromatic rings. The van der Waals surface area contributed by atoms with Crippen LogP contribution in [0.25, 0.3) is 0 Å². The van der Waals surface area contributed by atoms with Crippen molar-refractivity contribution in [2.24, 2.45) is 0 Å². The largest absolute Gasteiger partial charge is 0.352 e. The van der Waals surface area contributed by atoms with Crippen LogP contribution in [-0.2, 0) is 26.0 Å². The Labute approximate surface area is 219 Å². The number of benzene rings is 2. The summed E-state index contributed by atoms with van der Waals surface area (Å²) in [5.41, 5.74) is 1.27. The van der Waals surface area contributed by atoms with Gasteiger partial charge in [-0.3, -0.25) is 13.9 Å². The molecule has 0 aromatic heterocycles. The molecule has 7 nitrogen and oxygen atoms in total. The van der Waals surface area contributed by atoms with Gasteiger partial charge in [0.05, 0.1) is 17.0 Å². The van der Waals surface area contributed by atoms with Gasteiger partial charge in [-0.1, -0.05) is 80.3 Å². The van der Waals surface area contributed by atoms with E-state index in [1.54, 1.807) is 24.3 Å². The number of hydrogen-bond acceptors (Lipinski definition) is 4. The fourth-order valence-corrected chi connectivity index (χ4v) is 5.84. The third-order valence-electron chi connectivity index (χ3n) is 6.62. The minimum absolute atomic E-state index is 0.113. The SMILES string of the molecule is CCC(C(=O)NC1CCCCC1)N(CCc1ccccc1)C(=O)CN(c1ccccc1Cl)S(C)(=O)=O. The molecule has 0 saturated heterocycles. The normalized spacial score (nSPS) is 15.2. The topological polar surface area (TPSA) is 86.8 Å². The van der Waals surface area contributed by atoms with Gasteiger partial charge >= 0.3 is 0 Å². The Bertz CT molecular complexity index is 1120. The fraction of sp³-hybridized carbons (Fsp3) is 0.481. The molecule has 1 saturated carbocycles. The molecule has 1 fully saturated rings. The molecule has 1 aliphatic rings. The number of nitrogens with one attached hydrogen (secondary N) is 1. The lowest BCUT2D eigenvalue weighted by Crippen LogP contribution is -2.54. The van der Waals surface area contributed by atoms with Crippen LogP contribution in [0.15, 0.2) is 54.6 Å². The van der Waals surface area contributed by atoms with Crippen molar-refractivity contribution in [1.29, 1.82) is 0 Å². The second-order valence-corrected chi connectivity index (χ2v) is 11.6. The lowest BCUT2D eigenvalue weighted by molar-refractivity contribution is -0.140. The molecule has 1 unspecified atom stereocenters. The van der Waals surface area contributed by atoms with Crippen LogP contribution < -0.4 is 9.62 Å². The van der Waals surface area contributed by atoms with Crippen LogP contribution in [-0.4, -0.2) is 56.6 Å². The molecule has 2 amide bonds. The van der Waals surface area contributed by atoms with E-state index in [0.29, 0.717) is 19.4 Å². The van der Waals surface area contributed by atoms with Crippen molar-refractivity contribution in [3.8, 4) is 0 Å². The zero-order valence-corrected chi connectivity index (χ0v) is 22.6. The van der Waals surface area contributed by atoms with E-state index >= 15 is 0 Å². The van der Waals surface area contributed by atoms with Gasteiger partial charge < -0.3 is 10.2 Å². The van der Waals surface area contributed by atoms with Crippen LogP contribution in [0.2, 0.25) is 5.02 Å². The first-order chi connectivity index (χ1) is 17.2. The number of amides is 2. The number of carbonyl (C=O) groups is 2. The van der Waals surface area contributed by atoms with Crippen LogP contribution >= 0.6 is 11.6 Å². The Morgan fingerprint density at radius 3 is 2.28 bits per heavy atom. The number of halogens is 1. The number of carbonyl (C=O) groups excluding carboxylic acids is 2. The highest BCUT2D eigenvalue weighted by Crippen LogP contribution is 2.27. The monoisotopic (exact) mass is 533 g/mol. The van der Waals surface area contributed by atoms with Crippen molar-refractivity contribution in [3.63, 3.8) is 0 Å². The van der Waals surface area contributed by atoms with Crippen molar-refractivity contribution >= 4 is 39.1 Å². The summed E-state index contributed by atoms with van der Waals surface area (Å²) in [4.78, 5) is 28.6. The molecule has 36 heavy (non-hydrogen) atoms. The van der Waals surface area contributed by atoms with Crippen LogP contribution in [0.4, 0.5) is 5.69 Å². The predicted octanol–water partition coefficient (Wildman–Crippen LogP) is 4.40. The van der Waals surface area contributed by atoms with E-state index < -0.39 is 28.5 Å². The number of sulfonamides is 1. The van der Waals surface area contributed by atoms with Gasteiger partial charge in [0.25, 0.3) is 0 Å². The van der Waals surface area contributed by atoms with Crippen LogP contribution in [0.3, 0.4) is 0 Å². The van der Waals surface area contributed by atoms with Gasteiger partial charge in [-0.2, -0.15) is 0 Å². The lowest BCUT2D eigenvalue weighted by atomic mass is 9.95. The summed E-state index contributed by atoms with van der Waals surface area (Å²) in [7, 11) is -3.81. The summed E-state index contributed by atoms with van der Waals surface area (Å²) in [6.07, 6.45) is 7.23. The molecule has 0 radical (unpaired) electrons. The highest BCUT2D eigenvalue weighted by molar-refractivity contribution is 7.92. The first kappa shape index (κ1) is 28.0. The Balaban J connectivity index is 1.86. The molecule has 1 atom stereocenters. The van der Waals surface area contributed by atoms with Gasteiger partial charge in [0.2, 0.25) is 21.8 Å². The van der Waals surface area contributed by atoms with E-state index in [4.69, 9.17) is 11.6 Å². The molecular weight excluding hydrogens is 498 g/mol. The van der Waals surface area contributed by atoms with Gasteiger partial charge in [0.1, 0.15) is 12.6 Å². The third-order valence-corrected chi connectivity index (χ3v) is 8.07. The fourth-order valence-electron chi connectivity index (χ4n) is 4.69. The van der Waals surface area contributed by atoms with E-state index in [1.807, 2.05) is 37.3 Å². The zero-order chi connectivity index (χ0) is 26.1. The molecule has 196 valence electrons.